The molecule has 1 unspecified atom stereocenters. The quantitative estimate of drug-likeness (QED) is 0.340. The van der Waals surface area contributed by atoms with Gasteiger partial charge in [0.2, 0.25) is 5.91 Å². The van der Waals surface area contributed by atoms with E-state index in [1.165, 1.54) is 6.66 Å². The van der Waals surface area contributed by atoms with Crippen molar-refractivity contribution in [1.82, 2.24) is 5.06 Å². The van der Waals surface area contributed by atoms with Crippen molar-refractivity contribution in [2.45, 2.75) is 12.8 Å². The summed E-state index contributed by atoms with van der Waals surface area (Å²) in [6.45, 7) is 0.382. The summed E-state index contributed by atoms with van der Waals surface area (Å²) in [6, 6.07) is 0. The summed E-state index contributed by atoms with van der Waals surface area (Å²) in [5.41, 5.74) is 0. The number of rotatable bonds is 6. The van der Waals surface area contributed by atoms with Crippen LogP contribution in [0.3, 0.4) is 0 Å². The largest absolute Gasteiger partial charge is 0.480 e. The Bertz CT molecular complexity index is 285. The molecule has 1 amide bonds. The van der Waals surface area contributed by atoms with Gasteiger partial charge >= 0.3 is 5.97 Å². The molecule has 7 nitrogen and oxygen atoms in total. The van der Waals surface area contributed by atoms with Gasteiger partial charge in [0.05, 0.1) is 0 Å². The predicted octanol–water partition coefficient (Wildman–Crippen LogP) is -0.0308. The van der Waals surface area contributed by atoms with Gasteiger partial charge in [0, 0.05) is 19.2 Å². The summed E-state index contributed by atoms with van der Waals surface area (Å²) in [7, 11) is -3.15. The molecule has 0 aromatic heterocycles. The third-order valence-electron chi connectivity index (χ3n) is 1.54. The first kappa shape index (κ1) is 14.1. The molecule has 0 saturated heterocycles. The van der Waals surface area contributed by atoms with Crippen molar-refractivity contribution < 1.29 is 29.4 Å². The third-order valence-corrected chi connectivity index (χ3v) is 2.68. The zero-order valence-corrected chi connectivity index (χ0v) is 9.18. The molecule has 0 rings (SSSR count). The fourth-order valence-corrected chi connectivity index (χ4v) is 1.61. The minimum atomic E-state index is -3.15. The van der Waals surface area contributed by atoms with E-state index in [0.717, 1.165) is 0 Å². The average molecular weight is 239 g/mol. The van der Waals surface area contributed by atoms with Crippen molar-refractivity contribution in [3.63, 3.8) is 0 Å². The molecule has 8 heteroatoms. The molecule has 0 saturated carbocycles. The Labute approximate surface area is 86.7 Å². The van der Waals surface area contributed by atoms with Gasteiger partial charge in [-0.25, -0.2) is 5.06 Å². The SMILES string of the molecule is CP(=O)(O)CCCC(=O)N(O)CC(=O)O. The van der Waals surface area contributed by atoms with Gasteiger partial charge in [0.15, 0.2) is 7.37 Å². The Kier molecular flexibility index (Phi) is 5.49. The monoisotopic (exact) mass is 239 g/mol. The summed E-state index contributed by atoms with van der Waals surface area (Å²) in [5.74, 6) is -2.10. The molecule has 88 valence electrons. The lowest BCUT2D eigenvalue weighted by atomic mass is 10.3. The standard InChI is InChI=1S/C7H14NO6P/c1-15(13,14)4-2-3-6(9)8(12)5-7(10)11/h12H,2-5H2,1H3,(H,10,11)(H,13,14). The van der Waals surface area contributed by atoms with Gasteiger partial charge in [-0.15, -0.1) is 0 Å². The van der Waals surface area contributed by atoms with E-state index in [1.54, 1.807) is 0 Å². The maximum absolute atomic E-state index is 11.0. The highest BCUT2D eigenvalue weighted by atomic mass is 31.2. The molecule has 0 spiro atoms. The van der Waals surface area contributed by atoms with Gasteiger partial charge in [0.25, 0.3) is 0 Å². The highest BCUT2D eigenvalue weighted by molar-refractivity contribution is 7.57. The molecular formula is C7H14NO6P. The molecule has 0 aromatic rings. The fourth-order valence-electron chi connectivity index (χ4n) is 0.869. The van der Waals surface area contributed by atoms with Crippen molar-refractivity contribution in [3.05, 3.63) is 0 Å². The number of carbonyl (C=O) groups excluding carboxylic acids is 1. The first-order valence-electron chi connectivity index (χ1n) is 4.22. The van der Waals surface area contributed by atoms with Gasteiger partial charge in [-0.2, -0.15) is 0 Å². The van der Waals surface area contributed by atoms with E-state index >= 15 is 0 Å². The molecule has 15 heavy (non-hydrogen) atoms. The van der Waals surface area contributed by atoms with Crippen LogP contribution in [0.2, 0.25) is 0 Å². The number of hydroxylamine groups is 2. The summed E-state index contributed by atoms with van der Waals surface area (Å²) in [4.78, 5) is 30.0. The number of aliphatic carboxylic acids is 1. The molecule has 0 aromatic carbocycles. The summed E-state index contributed by atoms with van der Waals surface area (Å²) < 4.78 is 10.8. The molecular weight excluding hydrogens is 225 g/mol. The topological polar surface area (TPSA) is 115 Å². The van der Waals surface area contributed by atoms with Crippen LogP contribution in [0.1, 0.15) is 12.8 Å². The van der Waals surface area contributed by atoms with Crippen LogP contribution in [0, 0.1) is 0 Å². The molecule has 0 radical (unpaired) electrons. The van der Waals surface area contributed by atoms with Crippen molar-refractivity contribution in [3.8, 4) is 0 Å². The molecule has 0 aliphatic rings. The second-order valence-corrected chi connectivity index (χ2v) is 5.77. The number of carboxylic acid groups (broad SMARTS) is 1. The number of nitrogens with zero attached hydrogens (tertiary/aromatic N) is 1. The Hall–Kier alpha value is -0.910. The van der Waals surface area contributed by atoms with Crippen molar-refractivity contribution >= 4 is 19.2 Å². The van der Waals surface area contributed by atoms with E-state index < -0.39 is 25.8 Å². The van der Waals surface area contributed by atoms with E-state index in [2.05, 4.69) is 0 Å². The normalized spacial score (nSPS) is 14.3. The Balaban J connectivity index is 3.84. The second-order valence-electron chi connectivity index (χ2n) is 3.22. The van der Waals surface area contributed by atoms with Gasteiger partial charge in [0.1, 0.15) is 6.54 Å². The van der Waals surface area contributed by atoms with Crippen LogP contribution in [0.25, 0.3) is 0 Å². The van der Waals surface area contributed by atoms with E-state index in [9.17, 15) is 14.2 Å². The van der Waals surface area contributed by atoms with E-state index in [1.807, 2.05) is 0 Å². The lowest BCUT2D eigenvalue weighted by molar-refractivity contribution is -0.173. The predicted molar refractivity (Wildman–Crippen MR) is 51.0 cm³/mol. The van der Waals surface area contributed by atoms with Crippen molar-refractivity contribution in [2.75, 3.05) is 19.4 Å². The first-order valence-corrected chi connectivity index (χ1v) is 6.52. The summed E-state index contributed by atoms with van der Waals surface area (Å²) in [6.07, 6.45) is -0.0401. The van der Waals surface area contributed by atoms with Crippen LogP contribution in [0.5, 0.6) is 0 Å². The lowest BCUT2D eigenvalue weighted by Gasteiger charge is -2.12. The first-order chi connectivity index (χ1) is 6.72. The van der Waals surface area contributed by atoms with Crippen LogP contribution in [-0.4, -0.2) is 51.5 Å². The number of carbonyl (C=O) groups is 2. The van der Waals surface area contributed by atoms with Gasteiger partial charge in [-0.3, -0.25) is 19.4 Å². The Morgan fingerprint density at radius 1 is 1.40 bits per heavy atom. The number of hydrogen-bond acceptors (Lipinski definition) is 4. The van der Waals surface area contributed by atoms with Crippen molar-refractivity contribution in [1.29, 1.82) is 0 Å². The maximum atomic E-state index is 11.0. The Morgan fingerprint density at radius 2 is 1.93 bits per heavy atom. The van der Waals surface area contributed by atoms with Crippen LogP contribution in [-0.2, 0) is 14.2 Å². The fraction of sp³-hybridized carbons (Fsp3) is 0.714. The van der Waals surface area contributed by atoms with Crippen molar-refractivity contribution in [2.24, 2.45) is 0 Å². The molecule has 0 bridgehead atoms. The van der Waals surface area contributed by atoms with Gasteiger partial charge in [-0.1, -0.05) is 0 Å². The summed E-state index contributed by atoms with van der Waals surface area (Å²) in [5, 5.41) is 17.2. The van der Waals surface area contributed by atoms with Gasteiger partial charge < -0.3 is 10.00 Å². The molecule has 0 fully saturated rings. The number of carboxylic acids is 1. The number of hydrogen-bond donors (Lipinski definition) is 3. The molecule has 1 atom stereocenters. The summed E-state index contributed by atoms with van der Waals surface area (Å²) >= 11 is 0. The highest BCUT2D eigenvalue weighted by Gasteiger charge is 2.16. The maximum Gasteiger partial charge on any atom is 0.325 e. The molecule has 0 heterocycles. The number of amides is 1. The van der Waals surface area contributed by atoms with Gasteiger partial charge in [-0.05, 0) is 6.42 Å². The molecule has 0 aliphatic heterocycles. The van der Waals surface area contributed by atoms with E-state index in [4.69, 9.17) is 15.2 Å². The van der Waals surface area contributed by atoms with Crippen LogP contribution < -0.4 is 0 Å². The zero-order chi connectivity index (χ0) is 12.1. The minimum absolute atomic E-state index is 0.0281. The smallest absolute Gasteiger partial charge is 0.325 e. The van der Waals surface area contributed by atoms with Crippen LogP contribution in [0.4, 0.5) is 0 Å². The van der Waals surface area contributed by atoms with Crippen LogP contribution in [0.15, 0.2) is 0 Å². The second kappa shape index (κ2) is 5.85. The third kappa shape index (κ3) is 8.11. The van der Waals surface area contributed by atoms with Crippen LogP contribution >= 0.6 is 7.37 Å². The average Bonchev–Trinajstić information content (AvgIpc) is 2.00. The molecule has 3 N–H and O–H groups in total. The lowest BCUT2D eigenvalue weighted by Crippen LogP contribution is -2.32. The minimum Gasteiger partial charge on any atom is -0.480 e. The Morgan fingerprint density at radius 3 is 2.33 bits per heavy atom. The zero-order valence-electron chi connectivity index (χ0n) is 8.29. The molecule has 0 aliphatic carbocycles. The van der Waals surface area contributed by atoms with E-state index in [-0.39, 0.29) is 24.1 Å². The van der Waals surface area contributed by atoms with E-state index in [0.29, 0.717) is 0 Å². The highest BCUT2D eigenvalue weighted by Crippen LogP contribution is 2.35.